The molecule has 1 aromatic carbocycles. The molecule has 0 spiro atoms. The van der Waals surface area contributed by atoms with Crippen molar-refractivity contribution in [1.82, 2.24) is 4.98 Å². The zero-order valence-electron chi connectivity index (χ0n) is 11.6. The first kappa shape index (κ1) is 12.9. The normalized spacial score (nSPS) is 15.6. The van der Waals surface area contributed by atoms with Crippen LogP contribution >= 0.6 is 0 Å². The fourth-order valence-corrected chi connectivity index (χ4v) is 2.47. The van der Waals surface area contributed by atoms with Crippen LogP contribution in [-0.2, 0) is 13.0 Å². The zero-order chi connectivity index (χ0) is 14.2. The zero-order valence-corrected chi connectivity index (χ0v) is 11.6. The maximum atomic E-state index is 13.0. The molecule has 0 aliphatic carbocycles. The van der Waals surface area contributed by atoms with Crippen LogP contribution in [0.2, 0.25) is 0 Å². The maximum absolute atomic E-state index is 13.0. The molecular weight excluding hydrogens is 255 g/mol. The van der Waals surface area contributed by atoms with Gasteiger partial charge in [0.1, 0.15) is 17.2 Å². The Labute approximate surface area is 117 Å². The van der Waals surface area contributed by atoms with E-state index in [0.717, 1.165) is 17.7 Å². The molecule has 2 aromatic rings. The van der Waals surface area contributed by atoms with Gasteiger partial charge >= 0.3 is 0 Å². The van der Waals surface area contributed by atoms with E-state index >= 15 is 0 Å². The van der Waals surface area contributed by atoms with Gasteiger partial charge in [-0.05, 0) is 43.2 Å². The minimum absolute atomic E-state index is 0.126. The molecule has 0 saturated carbocycles. The fraction of sp³-hybridized carbons (Fsp3) is 0.312. The lowest BCUT2D eigenvalue weighted by molar-refractivity contribution is 0.138. The Hall–Kier alpha value is -2.10. The van der Waals surface area contributed by atoms with Crippen LogP contribution < -0.4 is 10.1 Å². The molecule has 20 heavy (non-hydrogen) atoms. The van der Waals surface area contributed by atoms with Crippen molar-refractivity contribution < 1.29 is 9.13 Å². The number of nitrogens with one attached hydrogen (secondary N) is 1. The number of benzene rings is 1. The first-order chi connectivity index (χ1) is 9.52. The van der Waals surface area contributed by atoms with Crippen molar-refractivity contribution in [3.8, 4) is 5.75 Å². The van der Waals surface area contributed by atoms with Crippen molar-refractivity contribution in [3.63, 3.8) is 0 Å². The Kier molecular flexibility index (Phi) is 3.08. The third kappa shape index (κ3) is 2.74. The van der Waals surface area contributed by atoms with Crippen LogP contribution in [0.5, 0.6) is 5.75 Å². The summed E-state index contributed by atoms with van der Waals surface area (Å²) in [6.45, 7) is 4.79. The summed E-state index contributed by atoms with van der Waals surface area (Å²) in [5.41, 5.74) is 2.23. The van der Waals surface area contributed by atoms with Gasteiger partial charge in [-0.15, -0.1) is 0 Å². The predicted octanol–water partition coefficient (Wildman–Crippen LogP) is 3.55. The number of pyridine rings is 1. The molecule has 1 aliphatic heterocycles. The molecule has 104 valence electrons. The highest BCUT2D eigenvalue weighted by molar-refractivity contribution is 5.43. The molecule has 1 aliphatic rings. The van der Waals surface area contributed by atoms with E-state index in [2.05, 4.69) is 30.2 Å². The molecule has 4 heteroatoms. The van der Waals surface area contributed by atoms with Gasteiger partial charge in [-0.1, -0.05) is 18.2 Å². The van der Waals surface area contributed by atoms with Crippen molar-refractivity contribution in [3.05, 3.63) is 53.5 Å². The van der Waals surface area contributed by atoms with Gasteiger partial charge in [-0.25, -0.2) is 4.98 Å². The topological polar surface area (TPSA) is 34.2 Å². The lowest BCUT2D eigenvalue weighted by Gasteiger charge is -2.16. The number of rotatable bonds is 3. The molecule has 3 nitrogen and oxygen atoms in total. The highest BCUT2D eigenvalue weighted by atomic mass is 19.1. The standard InChI is InChI=1S/C16H17FN2O/c1-16(2)9-12-8-11(6-7-13(12)20-16)10-18-15-5-3-4-14(17)19-15/h3-8H,9-10H2,1-2H3,(H,18,19). The summed E-state index contributed by atoms with van der Waals surface area (Å²) >= 11 is 0. The third-order valence-electron chi connectivity index (χ3n) is 3.32. The quantitative estimate of drug-likeness (QED) is 0.868. The minimum Gasteiger partial charge on any atom is -0.487 e. The van der Waals surface area contributed by atoms with Gasteiger partial charge in [0.2, 0.25) is 5.95 Å². The molecule has 0 saturated heterocycles. The van der Waals surface area contributed by atoms with Crippen LogP contribution in [0.25, 0.3) is 0 Å². The Bertz CT molecular complexity index is 640. The fourth-order valence-electron chi connectivity index (χ4n) is 2.47. The smallest absolute Gasteiger partial charge is 0.214 e. The number of anilines is 1. The van der Waals surface area contributed by atoms with Crippen LogP contribution in [0, 0.1) is 5.95 Å². The molecule has 0 fully saturated rings. The van der Waals surface area contributed by atoms with Gasteiger partial charge in [-0.2, -0.15) is 4.39 Å². The van der Waals surface area contributed by atoms with Gasteiger partial charge < -0.3 is 10.1 Å². The monoisotopic (exact) mass is 272 g/mol. The maximum Gasteiger partial charge on any atom is 0.214 e. The average Bonchev–Trinajstić information content (AvgIpc) is 2.69. The highest BCUT2D eigenvalue weighted by Crippen LogP contribution is 2.35. The molecule has 0 amide bonds. The summed E-state index contributed by atoms with van der Waals surface area (Å²) in [7, 11) is 0. The molecule has 3 rings (SSSR count). The predicted molar refractivity (Wildman–Crippen MR) is 76.4 cm³/mol. The number of ether oxygens (including phenoxy) is 1. The van der Waals surface area contributed by atoms with Crippen LogP contribution in [0.3, 0.4) is 0 Å². The van der Waals surface area contributed by atoms with E-state index < -0.39 is 5.95 Å². The van der Waals surface area contributed by atoms with E-state index in [4.69, 9.17) is 4.74 Å². The van der Waals surface area contributed by atoms with Crippen molar-refractivity contribution in [2.24, 2.45) is 0 Å². The highest BCUT2D eigenvalue weighted by Gasteiger charge is 2.29. The van der Waals surface area contributed by atoms with E-state index in [-0.39, 0.29) is 5.60 Å². The summed E-state index contributed by atoms with van der Waals surface area (Å²) in [6, 6.07) is 10.9. The summed E-state index contributed by atoms with van der Waals surface area (Å²) < 4.78 is 18.8. The van der Waals surface area contributed by atoms with Gasteiger partial charge in [0.05, 0.1) is 0 Å². The molecule has 0 atom stereocenters. The second kappa shape index (κ2) is 4.78. The number of aromatic nitrogens is 1. The number of hydrogen-bond acceptors (Lipinski definition) is 3. The molecule has 0 bridgehead atoms. The minimum atomic E-state index is -0.473. The van der Waals surface area contributed by atoms with E-state index in [1.165, 1.54) is 11.6 Å². The summed E-state index contributed by atoms with van der Waals surface area (Å²) in [4.78, 5) is 3.78. The van der Waals surface area contributed by atoms with E-state index in [0.29, 0.717) is 12.4 Å². The number of hydrogen-bond donors (Lipinski definition) is 1. The molecule has 1 aromatic heterocycles. The molecule has 2 heterocycles. The lowest BCUT2D eigenvalue weighted by atomic mass is 10.0. The van der Waals surface area contributed by atoms with Crippen molar-refractivity contribution in [1.29, 1.82) is 0 Å². The SMILES string of the molecule is CC1(C)Cc2cc(CNc3cccc(F)n3)ccc2O1. The van der Waals surface area contributed by atoms with Crippen LogP contribution in [0.15, 0.2) is 36.4 Å². The summed E-state index contributed by atoms with van der Waals surface area (Å²) in [6.07, 6.45) is 0.911. The van der Waals surface area contributed by atoms with E-state index in [1.54, 1.807) is 12.1 Å². The van der Waals surface area contributed by atoms with Crippen molar-refractivity contribution >= 4 is 5.82 Å². The van der Waals surface area contributed by atoms with Gasteiger partial charge in [-0.3, -0.25) is 0 Å². The van der Waals surface area contributed by atoms with Crippen molar-refractivity contribution in [2.45, 2.75) is 32.4 Å². The van der Waals surface area contributed by atoms with Crippen LogP contribution in [0.4, 0.5) is 10.2 Å². The third-order valence-corrected chi connectivity index (χ3v) is 3.32. The largest absolute Gasteiger partial charge is 0.487 e. The first-order valence-corrected chi connectivity index (χ1v) is 6.69. The second-order valence-electron chi connectivity index (χ2n) is 5.68. The van der Waals surface area contributed by atoms with Crippen LogP contribution in [0.1, 0.15) is 25.0 Å². The Morgan fingerprint density at radius 1 is 1.30 bits per heavy atom. The number of nitrogens with zero attached hydrogens (tertiary/aromatic N) is 1. The first-order valence-electron chi connectivity index (χ1n) is 6.69. The van der Waals surface area contributed by atoms with Gasteiger partial charge in [0.15, 0.2) is 0 Å². The average molecular weight is 272 g/mol. The van der Waals surface area contributed by atoms with E-state index in [9.17, 15) is 4.39 Å². The van der Waals surface area contributed by atoms with Crippen molar-refractivity contribution in [2.75, 3.05) is 5.32 Å². The van der Waals surface area contributed by atoms with Crippen LogP contribution in [-0.4, -0.2) is 10.6 Å². The molecule has 0 unspecified atom stereocenters. The van der Waals surface area contributed by atoms with Gasteiger partial charge in [0, 0.05) is 13.0 Å². The van der Waals surface area contributed by atoms with E-state index in [1.807, 2.05) is 12.1 Å². The Balaban J connectivity index is 1.71. The Morgan fingerprint density at radius 2 is 2.15 bits per heavy atom. The Morgan fingerprint density at radius 3 is 2.95 bits per heavy atom. The second-order valence-corrected chi connectivity index (χ2v) is 5.68. The summed E-state index contributed by atoms with van der Waals surface area (Å²) in [5.74, 6) is 1.03. The molecule has 0 radical (unpaired) electrons. The summed E-state index contributed by atoms with van der Waals surface area (Å²) in [5, 5.41) is 3.12. The molecular formula is C16H17FN2O. The van der Waals surface area contributed by atoms with Gasteiger partial charge in [0.25, 0.3) is 0 Å². The number of fused-ring (bicyclic) bond motifs is 1. The molecule has 1 N–H and O–H groups in total. The lowest BCUT2D eigenvalue weighted by Crippen LogP contribution is -2.24. The number of halogens is 1.